The third kappa shape index (κ3) is 4.84. The minimum absolute atomic E-state index is 0.0956. The number of rotatable bonds is 7. The van der Waals surface area contributed by atoms with Crippen molar-refractivity contribution in [2.45, 2.75) is 39.7 Å². The Morgan fingerprint density at radius 2 is 1.97 bits per heavy atom. The number of benzene rings is 2. The Bertz CT molecular complexity index is 1630. The van der Waals surface area contributed by atoms with Crippen molar-refractivity contribution >= 4 is 29.1 Å². The van der Waals surface area contributed by atoms with Crippen molar-refractivity contribution < 1.29 is 24.3 Å². The molecule has 0 unspecified atom stereocenters. The average molecular weight is 538 g/mol. The summed E-state index contributed by atoms with van der Waals surface area (Å²) in [5.41, 5.74) is 1.86. The predicted octanol–water partition coefficient (Wildman–Crippen LogP) is 3.54. The Morgan fingerprint density at radius 1 is 1.29 bits per heavy atom. The van der Waals surface area contributed by atoms with E-state index in [9.17, 15) is 24.8 Å². The molecule has 0 aliphatic carbocycles. The van der Waals surface area contributed by atoms with Gasteiger partial charge < -0.3 is 14.6 Å². The van der Waals surface area contributed by atoms with Crippen molar-refractivity contribution in [3.05, 3.63) is 94.2 Å². The van der Waals surface area contributed by atoms with Crippen molar-refractivity contribution in [3.8, 4) is 11.5 Å². The molecule has 0 bridgehead atoms. The molecule has 0 saturated heterocycles. The standard InChI is InChI=1S/C27H27N3O7S/c1-6-37-26(33)22-15(4)28-27-29(23(22)18-9-7-17(8-10-18)14(2)3)25(32)21(38-27)13-16-11-19(30(34)35)24(31)20(12-16)36-5/h7-14,23,31H,6H2,1-5H3/b21-13-/t23-/m0/s1. The van der Waals surface area contributed by atoms with Crippen LogP contribution in [0.1, 0.15) is 56.3 Å². The Kier molecular flexibility index (Phi) is 7.49. The van der Waals surface area contributed by atoms with Crippen LogP contribution in [0.5, 0.6) is 11.5 Å². The molecular weight excluding hydrogens is 510 g/mol. The summed E-state index contributed by atoms with van der Waals surface area (Å²) in [7, 11) is 1.28. The second-order valence-corrected chi connectivity index (χ2v) is 9.98. The van der Waals surface area contributed by atoms with E-state index in [0.717, 1.165) is 28.5 Å². The minimum Gasteiger partial charge on any atom is -0.500 e. The van der Waals surface area contributed by atoms with Gasteiger partial charge in [0, 0.05) is 6.07 Å². The number of carbonyl (C=O) groups excluding carboxylic acids is 1. The number of thiazole rings is 1. The van der Waals surface area contributed by atoms with Gasteiger partial charge in [0.05, 0.1) is 40.5 Å². The molecule has 0 radical (unpaired) electrons. The number of aromatic nitrogens is 1. The number of aromatic hydroxyl groups is 1. The third-order valence-corrected chi connectivity index (χ3v) is 7.21. The van der Waals surface area contributed by atoms with Gasteiger partial charge in [-0.3, -0.25) is 19.5 Å². The summed E-state index contributed by atoms with van der Waals surface area (Å²) in [6, 6.07) is 9.52. The van der Waals surface area contributed by atoms with Gasteiger partial charge >= 0.3 is 11.7 Å². The molecule has 0 amide bonds. The molecule has 0 spiro atoms. The van der Waals surface area contributed by atoms with E-state index in [-0.39, 0.29) is 28.0 Å². The maximum atomic E-state index is 13.7. The second-order valence-electron chi connectivity index (χ2n) is 8.97. The number of nitrogens with zero attached hydrogens (tertiary/aromatic N) is 3. The van der Waals surface area contributed by atoms with Crippen LogP contribution in [0.2, 0.25) is 0 Å². The molecule has 1 aromatic heterocycles. The number of ether oxygens (including phenoxy) is 2. The van der Waals surface area contributed by atoms with Crippen LogP contribution in [0.4, 0.5) is 5.69 Å². The molecule has 3 aromatic rings. The lowest BCUT2D eigenvalue weighted by Gasteiger charge is -2.25. The molecule has 0 fully saturated rings. The molecule has 0 saturated carbocycles. The Balaban J connectivity index is 1.95. The highest BCUT2D eigenvalue weighted by atomic mass is 32.1. The first kappa shape index (κ1) is 26.8. The lowest BCUT2D eigenvalue weighted by molar-refractivity contribution is -0.386. The number of allylic oxidation sites excluding steroid dienone is 1. The molecule has 1 N–H and O–H groups in total. The van der Waals surface area contributed by atoms with E-state index in [1.807, 2.05) is 24.3 Å². The molecule has 1 atom stereocenters. The largest absolute Gasteiger partial charge is 0.500 e. The summed E-state index contributed by atoms with van der Waals surface area (Å²) in [6.45, 7) is 7.73. The van der Waals surface area contributed by atoms with Gasteiger partial charge in [0.25, 0.3) is 5.56 Å². The van der Waals surface area contributed by atoms with E-state index in [2.05, 4.69) is 18.8 Å². The number of hydrogen-bond donors (Lipinski definition) is 1. The number of phenols is 1. The number of fused-ring (bicyclic) bond motifs is 1. The molecule has 4 rings (SSSR count). The number of carbonyl (C=O) groups is 1. The van der Waals surface area contributed by atoms with Crippen LogP contribution in [0.25, 0.3) is 6.08 Å². The van der Waals surface area contributed by atoms with Gasteiger partial charge in [0.15, 0.2) is 10.6 Å². The Morgan fingerprint density at radius 3 is 2.55 bits per heavy atom. The third-order valence-electron chi connectivity index (χ3n) is 6.23. The van der Waals surface area contributed by atoms with Crippen LogP contribution in [0.3, 0.4) is 0 Å². The first-order valence-electron chi connectivity index (χ1n) is 11.9. The van der Waals surface area contributed by atoms with Crippen LogP contribution in [0.15, 0.2) is 57.5 Å². The van der Waals surface area contributed by atoms with Crippen LogP contribution in [-0.4, -0.2) is 34.3 Å². The van der Waals surface area contributed by atoms with E-state index in [1.165, 1.54) is 23.8 Å². The molecular formula is C27H27N3O7S. The maximum Gasteiger partial charge on any atom is 0.338 e. The zero-order valence-electron chi connectivity index (χ0n) is 21.5. The highest BCUT2D eigenvalue weighted by molar-refractivity contribution is 7.07. The van der Waals surface area contributed by atoms with E-state index in [1.54, 1.807) is 13.8 Å². The smallest absolute Gasteiger partial charge is 0.338 e. The van der Waals surface area contributed by atoms with Gasteiger partial charge in [-0.05, 0) is 48.6 Å². The molecule has 2 aromatic carbocycles. The zero-order chi connectivity index (χ0) is 27.7. The van der Waals surface area contributed by atoms with E-state index in [0.29, 0.717) is 16.4 Å². The maximum absolute atomic E-state index is 13.7. The molecule has 2 heterocycles. The van der Waals surface area contributed by atoms with Crippen molar-refractivity contribution in [2.75, 3.05) is 13.7 Å². The van der Waals surface area contributed by atoms with Crippen LogP contribution in [0, 0.1) is 10.1 Å². The summed E-state index contributed by atoms with van der Waals surface area (Å²) in [5, 5.41) is 21.5. The summed E-state index contributed by atoms with van der Waals surface area (Å²) in [6.07, 6.45) is 1.47. The average Bonchev–Trinajstić information content (AvgIpc) is 3.18. The molecule has 1 aliphatic heterocycles. The Hall–Kier alpha value is -4.25. The molecule has 38 heavy (non-hydrogen) atoms. The van der Waals surface area contributed by atoms with E-state index >= 15 is 0 Å². The van der Waals surface area contributed by atoms with Crippen LogP contribution in [-0.2, 0) is 9.53 Å². The summed E-state index contributed by atoms with van der Waals surface area (Å²) in [5.74, 6) is -0.948. The van der Waals surface area contributed by atoms with Gasteiger partial charge in [-0.25, -0.2) is 9.79 Å². The van der Waals surface area contributed by atoms with Gasteiger partial charge in [-0.15, -0.1) is 0 Å². The van der Waals surface area contributed by atoms with E-state index in [4.69, 9.17) is 9.47 Å². The van der Waals surface area contributed by atoms with Crippen molar-refractivity contribution in [3.63, 3.8) is 0 Å². The summed E-state index contributed by atoms with van der Waals surface area (Å²) >= 11 is 1.09. The quantitative estimate of drug-likeness (QED) is 0.277. The fourth-order valence-electron chi connectivity index (χ4n) is 4.31. The van der Waals surface area contributed by atoms with Crippen molar-refractivity contribution in [1.82, 2.24) is 4.57 Å². The number of phenolic OH excluding ortho intramolecular Hbond substituents is 1. The fraction of sp³-hybridized carbons (Fsp3) is 0.296. The van der Waals surface area contributed by atoms with Crippen LogP contribution >= 0.6 is 11.3 Å². The minimum atomic E-state index is -0.766. The highest BCUT2D eigenvalue weighted by Gasteiger charge is 2.33. The Labute approximate surface area is 222 Å². The first-order chi connectivity index (χ1) is 18.1. The normalized spacial score (nSPS) is 15.3. The molecule has 1 aliphatic rings. The SMILES string of the molecule is CCOC(=O)C1=C(C)N=c2s/c(=C\c3cc(OC)c(O)c([N+](=O)[O-])c3)c(=O)n2[C@H]1c1ccc(C(C)C)cc1. The molecule has 11 heteroatoms. The second kappa shape index (κ2) is 10.6. The van der Waals surface area contributed by atoms with Gasteiger partial charge in [0.1, 0.15) is 0 Å². The lowest BCUT2D eigenvalue weighted by Crippen LogP contribution is -2.39. The van der Waals surface area contributed by atoms with Crippen LogP contribution < -0.4 is 19.6 Å². The highest BCUT2D eigenvalue weighted by Crippen LogP contribution is 2.37. The monoisotopic (exact) mass is 537 g/mol. The number of nitro benzene ring substituents is 1. The number of esters is 1. The first-order valence-corrected chi connectivity index (χ1v) is 12.7. The number of nitro groups is 1. The van der Waals surface area contributed by atoms with Crippen molar-refractivity contribution in [1.29, 1.82) is 0 Å². The van der Waals surface area contributed by atoms with E-state index < -0.39 is 33.9 Å². The molecule has 10 nitrogen and oxygen atoms in total. The van der Waals surface area contributed by atoms with Gasteiger partial charge in [-0.2, -0.15) is 0 Å². The number of methoxy groups -OCH3 is 1. The van der Waals surface area contributed by atoms with Gasteiger partial charge in [0.2, 0.25) is 5.75 Å². The van der Waals surface area contributed by atoms with Crippen molar-refractivity contribution in [2.24, 2.45) is 4.99 Å². The topological polar surface area (TPSA) is 133 Å². The zero-order valence-corrected chi connectivity index (χ0v) is 22.4. The fourth-order valence-corrected chi connectivity index (χ4v) is 5.36. The lowest BCUT2D eigenvalue weighted by atomic mass is 9.93. The summed E-state index contributed by atoms with van der Waals surface area (Å²) in [4.78, 5) is 42.4. The number of hydrogen-bond acceptors (Lipinski definition) is 9. The van der Waals surface area contributed by atoms with Gasteiger partial charge in [-0.1, -0.05) is 49.4 Å². The molecule has 198 valence electrons. The predicted molar refractivity (Wildman–Crippen MR) is 142 cm³/mol. The summed E-state index contributed by atoms with van der Waals surface area (Å²) < 4.78 is 12.1.